The van der Waals surface area contributed by atoms with E-state index in [0.29, 0.717) is 6.04 Å². The molecule has 0 aromatic heterocycles. The average Bonchev–Trinajstić information content (AvgIpc) is 2.30. The molecule has 0 aromatic rings. The summed E-state index contributed by atoms with van der Waals surface area (Å²) in [6.45, 7) is 9.81. The topological polar surface area (TPSA) is 35.7 Å². The largest absolute Gasteiger partial charge is 0.328 e. The molecule has 2 saturated heterocycles. The lowest BCUT2D eigenvalue weighted by molar-refractivity contribution is 0.126. The fourth-order valence-corrected chi connectivity index (χ4v) is 2.53. The molecule has 2 aliphatic heterocycles. The molecule has 0 atom stereocenters. The van der Waals surface area contributed by atoms with Crippen LogP contribution < -0.4 is 5.73 Å². The molecular weight excluding hydrogens is 200 g/mol. The summed E-state index contributed by atoms with van der Waals surface area (Å²) in [7, 11) is 2.21. The Bertz CT molecular complexity index is 171. The molecule has 0 bridgehead atoms. The summed E-state index contributed by atoms with van der Waals surface area (Å²) >= 11 is 0. The number of piperazine rings is 1. The van der Waals surface area contributed by atoms with Crippen LogP contribution in [0, 0.1) is 0 Å². The molecule has 2 heterocycles. The van der Waals surface area contributed by atoms with Gasteiger partial charge in [0.2, 0.25) is 0 Å². The maximum Gasteiger partial charge on any atom is 0.0110 e. The Morgan fingerprint density at radius 3 is 1.94 bits per heavy atom. The Kier molecular flexibility index (Phi) is 4.58. The molecule has 4 nitrogen and oxygen atoms in total. The molecule has 2 aliphatic rings. The van der Waals surface area contributed by atoms with Gasteiger partial charge in [0.25, 0.3) is 0 Å². The summed E-state index contributed by atoms with van der Waals surface area (Å²) in [6.07, 6.45) is 2.37. The van der Waals surface area contributed by atoms with Crippen molar-refractivity contribution < 1.29 is 0 Å². The fraction of sp³-hybridized carbons (Fsp3) is 1.00. The highest BCUT2D eigenvalue weighted by atomic mass is 15.3. The molecule has 0 aliphatic carbocycles. The molecule has 2 fully saturated rings. The average molecular weight is 226 g/mol. The number of rotatable bonds is 3. The van der Waals surface area contributed by atoms with Crippen LogP contribution in [-0.4, -0.2) is 80.1 Å². The van der Waals surface area contributed by atoms with Gasteiger partial charge in [-0.15, -0.1) is 0 Å². The number of piperidine rings is 1. The summed E-state index contributed by atoms with van der Waals surface area (Å²) < 4.78 is 0. The van der Waals surface area contributed by atoms with E-state index in [-0.39, 0.29) is 0 Å². The predicted octanol–water partition coefficient (Wildman–Crippen LogP) is -0.343. The van der Waals surface area contributed by atoms with E-state index in [2.05, 4.69) is 21.7 Å². The SMILES string of the molecule is CN1CCN(CCN2CCC(N)CC2)CC1. The van der Waals surface area contributed by atoms with E-state index in [1.807, 2.05) is 0 Å². The molecule has 0 radical (unpaired) electrons. The Labute approximate surface area is 99.4 Å². The second-order valence-corrected chi connectivity index (χ2v) is 5.32. The van der Waals surface area contributed by atoms with E-state index in [1.165, 1.54) is 65.2 Å². The van der Waals surface area contributed by atoms with Crippen molar-refractivity contribution in [3.8, 4) is 0 Å². The van der Waals surface area contributed by atoms with Crippen molar-refractivity contribution in [1.82, 2.24) is 14.7 Å². The number of hydrogen-bond acceptors (Lipinski definition) is 4. The third-order valence-electron chi connectivity index (χ3n) is 3.96. The first-order valence-electron chi connectivity index (χ1n) is 6.63. The fourth-order valence-electron chi connectivity index (χ4n) is 2.53. The zero-order chi connectivity index (χ0) is 11.4. The zero-order valence-corrected chi connectivity index (χ0v) is 10.6. The molecule has 2 N–H and O–H groups in total. The van der Waals surface area contributed by atoms with Crippen molar-refractivity contribution in [2.45, 2.75) is 18.9 Å². The zero-order valence-electron chi connectivity index (χ0n) is 10.6. The van der Waals surface area contributed by atoms with Gasteiger partial charge in [0.15, 0.2) is 0 Å². The summed E-state index contributed by atoms with van der Waals surface area (Å²) in [6, 6.07) is 0.458. The molecule has 16 heavy (non-hydrogen) atoms. The first-order valence-corrected chi connectivity index (χ1v) is 6.63. The van der Waals surface area contributed by atoms with Crippen LogP contribution in [0.3, 0.4) is 0 Å². The lowest BCUT2D eigenvalue weighted by atomic mass is 10.1. The van der Waals surface area contributed by atoms with Crippen LogP contribution in [0.5, 0.6) is 0 Å². The summed E-state index contributed by atoms with van der Waals surface area (Å²) in [5.41, 5.74) is 5.91. The van der Waals surface area contributed by atoms with Crippen LogP contribution >= 0.6 is 0 Å². The second-order valence-electron chi connectivity index (χ2n) is 5.32. The van der Waals surface area contributed by atoms with E-state index >= 15 is 0 Å². The van der Waals surface area contributed by atoms with Crippen LogP contribution in [0.4, 0.5) is 0 Å². The highest BCUT2D eigenvalue weighted by Gasteiger charge is 2.18. The minimum atomic E-state index is 0.458. The van der Waals surface area contributed by atoms with Gasteiger partial charge in [-0.3, -0.25) is 4.90 Å². The third kappa shape index (κ3) is 3.70. The van der Waals surface area contributed by atoms with Crippen LogP contribution in [0.1, 0.15) is 12.8 Å². The normalized spacial score (nSPS) is 27.4. The van der Waals surface area contributed by atoms with Crippen LogP contribution in [-0.2, 0) is 0 Å². The van der Waals surface area contributed by atoms with Crippen LogP contribution in [0.25, 0.3) is 0 Å². The standard InChI is InChI=1S/C12H26N4/c1-14-6-8-16(9-7-14)11-10-15-4-2-12(13)3-5-15/h12H,2-11,13H2,1H3. The minimum absolute atomic E-state index is 0.458. The molecule has 4 heteroatoms. The molecule has 0 unspecified atom stereocenters. The molecule has 0 amide bonds. The Morgan fingerprint density at radius 2 is 1.38 bits per heavy atom. The second kappa shape index (κ2) is 5.96. The van der Waals surface area contributed by atoms with E-state index in [9.17, 15) is 0 Å². The quantitative estimate of drug-likeness (QED) is 0.714. The summed E-state index contributed by atoms with van der Waals surface area (Å²) in [4.78, 5) is 7.58. The molecule has 2 rings (SSSR count). The maximum atomic E-state index is 5.91. The van der Waals surface area contributed by atoms with Gasteiger partial charge in [0, 0.05) is 45.3 Å². The van der Waals surface area contributed by atoms with Gasteiger partial charge in [-0.25, -0.2) is 0 Å². The van der Waals surface area contributed by atoms with Crippen molar-refractivity contribution >= 4 is 0 Å². The van der Waals surface area contributed by atoms with Crippen molar-refractivity contribution in [3.05, 3.63) is 0 Å². The van der Waals surface area contributed by atoms with Gasteiger partial charge in [0.05, 0.1) is 0 Å². The van der Waals surface area contributed by atoms with Gasteiger partial charge < -0.3 is 15.5 Å². The van der Waals surface area contributed by atoms with E-state index in [0.717, 1.165) is 0 Å². The van der Waals surface area contributed by atoms with Gasteiger partial charge in [0.1, 0.15) is 0 Å². The van der Waals surface area contributed by atoms with Gasteiger partial charge in [-0.1, -0.05) is 0 Å². The maximum absolute atomic E-state index is 5.91. The molecule has 0 saturated carbocycles. The monoisotopic (exact) mass is 226 g/mol. The number of hydrogen-bond donors (Lipinski definition) is 1. The number of nitrogens with two attached hydrogens (primary N) is 1. The summed E-state index contributed by atoms with van der Waals surface area (Å²) in [5.74, 6) is 0. The van der Waals surface area contributed by atoms with Gasteiger partial charge in [-0.05, 0) is 33.0 Å². The number of likely N-dealkylation sites (N-methyl/N-ethyl adjacent to an activating group) is 1. The van der Waals surface area contributed by atoms with Crippen molar-refractivity contribution in [2.24, 2.45) is 5.73 Å². The molecule has 94 valence electrons. The van der Waals surface area contributed by atoms with E-state index in [4.69, 9.17) is 5.73 Å². The van der Waals surface area contributed by atoms with E-state index < -0.39 is 0 Å². The van der Waals surface area contributed by atoms with Gasteiger partial charge >= 0.3 is 0 Å². The lowest BCUT2D eigenvalue weighted by Gasteiger charge is -2.35. The summed E-state index contributed by atoms with van der Waals surface area (Å²) in [5, 5.41) is 0. The molecule has 0 aromatic carbocycles. The van der Waals surface area contributed by atoms with Crippen LogP contribution in [0.15, 0.2) is 0 Å². The minimum Gasteiger partial charge on any atom is -0.328 e. The number of nitrogens with zero attached hydrogens (tertiary/aromatic N) is 3. The predicted molar refractivity (Wildman–Crippen MR) is 67.6 cm³/mol. The first-order chi connectivity index (χ1) is 7.74. The first kappa shape index (κ1) is 12.3. The Morgan fingerprint density at radius 1 is 0.875 bits per heavy atom. The molecular formula is C12H26N4. The van der Waals surface area contributed by atoms with Crippen molar-refractivity contribution in [2.75, 3.05) is 59.4 Å². The van der Waals surface area contributed by atoms with E-state index in [1.54, 1.807) is 0 Å². The van der Waals surface area contributed by atoms with Crippen molar-refractivity contribution in [3.63, 3.8) is 0 Å². The van der Waals surface area contributed by atoms with Crippen molar-refractivity contribution in [1.29, 1.82) is 0 Å². The van der Waals surface area contributed by atoms with Crippen LogP contribution in [0.2, 0.25) is 0 Å². The molecule has 0 spiro atoms. The van der Waals surface area contributed by atoms with Gasteiger partial charge in [-0.2, -0.15) is 0 Å². The number of likely N-dealkylation sites (tertiary alicyclic amines) is 1. The highest BCUT2D eigenvalue weighted by molar-refractivity contribution is 4.76. The highest BCUT2D eigenvalue weighted by Crippen LogP contribution is 2.08. The smallest absolute Gasteiger partial charge is 0.0110 e. The lowest BCUT2D eigenvalue weighted by Crippen LogP contribution is -2.48. The Balaban J connectivity index is 1.60. The Hall–Kier alpha value is -0.160. The third-order valence-corrected chi connectivity index (χ3v) is 3.96.